The van der Waals surface area contributed by atoms with Gasteiger partial charge in [0.05, 0.1) is 6.54 Å². The Morgan fingerprint density at radius 1 is 1.18 bits per heavy atom. The largest absolute Gasteiger partial charge is 0.486 e. The number of benzene rings is 1. The van der Waals surface area contributed by atoms with E-state index < -0.39 is 5.54 Å². The van der Waals surface area contributed by atoms with Gasteiger partial charge in [0.15, 0.2) is 17.6 Å². The summed E-state index contributed by atoms with van der Waals surface area (Å²) in [6.45, 7) is 0.557. The second-order valence-corrected chi connectivity index (χ2v) is 6.13. The lowest BCUT2D eigenvalue weighted by atomic mass is 9.98. The van der Waals surface area contributed by atoms with E-state index in [1.165, 1.54) is 4.90 Å². The minimum absolute atomic E-state index is 0.113. The first-order valence-electron chi connectivity index (χ1n) is 7.71. The molecule has 2 heterocycles. The Morgan fingerprint density at radius 3 is 2.68 bits per heavy atom. The first-order chi connectivity index (χ1) is 10.7. The fourth-order valence-corrected chi connectivity index (χ4v) is 3.52. The summed E-state index contributed by atoms with van der Waals surface area (Å²) >= 11 is 0. The fraction of sp³-hybridized carbons (Fsp3) is 0.500. The molecule has 1 unspecified atom stereocenters. The Kier molecular flexibility index (Phi) is 2.99. The second kappa shape index (κ2) is 4.90. The zero-order valence-corrected chi connectivity index (χ0v) is 12.2. The molecule has 0 aromatic heterocycles. The molecule has 1 aromatic carbocycles. The number of carbonyl (C=O) groups excluding carboxylic acids is 2. The van der Waals surface area contributed by atoms with Gasteiger partial charge in [0.2, 0.25) is 0 Å². The van der Waals surface area contributed by atoms with Gasteiger partial charge in [-0.1, -0.05) is 25.0 Å². The minimum atomic E-state index is -0.662. The van der Waals surface area contributed by atoms with Gasteiger partial charge in [-0.05, 0) is 25.0 Å². The molecule has 1 saturated carbocycles. The van der Waals surface area contributed by atoms with Gasteiger partial charge in [0, 0.05) is 0 Å². The number of nitrogens with zero attached hydrogens (tertiary/aromatic N) is 1. The Morgan fingerprint density at radius 2 is 1.91 bits per heavy atom. The lowest BCUT2D eigenvalue weighted by Gasteiger charge is -2.28. The molecule has 22 heavy (non-hydrogen) atoms. The predicted octanol–water partition coefficient (Wildman–Crippen LogP) is 1.69. The number of imide groups is 1. The van der Waals surface area contributed by atoms with Gasteiger partial charge in [0.1, 0.15) is 12.1 Å². The van der Waals surface area contributed by atoms with Crippen LogP contribution in [0.2, 0.25) is 0 Å². The van der Waals surface area contributed by atoms with Gasteiger partial charge in [-0.25, -0.2) is 4.79 Å². The van der Waals surface area contributed by atoms with Gasteiger partial charge in [0.25, 0.3) is 5.91 Å². The van der Waals surface area contributed by atoms with Crippen LogP contribution in [0.4, 0.5) is 4.79 Å². The van der Waals surface area contributed by atoms with Gasteiger partial charge in [-0.3, -0.25) is 9.69 Å². The van der Waals surface area contributed by atoms with E-state index in [0.29, 0.717) is 18.1 Å². The number of amides is 3. The summed E-state index contributed by atoms with van der Waals surface area (Å²) in [5.74, 6) is 1.24. The van der Waals surface area contributed by atoms with E-state index in [9.17, 15) is 9.59 Å². The van der Waals surface area contributed by atoms with Crippen molar-refractivity contribution in [2.75, 3.05) is 13.2 Å². The predicted molar refractivity (Wildman–Crippen MR) is 77.8 cm³/mol. The number of hydrogen-bond donors (Lipinski definition) is 1. The molecule has 1 atom stereocenters. The van der Waals surface area contributed by atoms with Crippen LogP contribution >= 0.6 is 0 Å². The maximum atomic E-state index is 12.6. The van der Waals surface area contributed by atoms with E-state index in [1.807, 2.05) is 24.3 Å². The monoisotopic (exact) mass is 302 g/mol. The average Bonchev–Trinajstić information content (AvgIpc) is 3.09. The molecule has 2 aliphatic heterocycles. The molecule has 3 amide bonds. The molecule has 4 rings (SSSR count). The van der Waals surface area contributed by atoms with Gasteiger partial charge in [-0.2, -0.15) is 0 Å². The molecule has 1 aliphatic carbocycles. The highest BCUT2D eigenvalue weighted by Gasteiger charge is 2.52. The molecular formula is C16H18N2O4. The highest BCUT2D eigenvalue weighted by molar-refractivity contribution is 6.07. The van der Waals surface area contributed by atoms with Crippen molar-refractivity contribution >= 4 is 11.9 Å². The quantitative estimate of drug-likeness (QED) is 0.844. The van der Waals surface area contributed by atoms with Crippen LogP contribution in [-0.2, 0) is 4.79 Å². The van der Waals surface area contributed by atoms with Crippen molar-refractivity contribution in [2.45, 2.75) is 37.3 Å². The fourth-order valence-electron chi connectivity index (χ4n) is 3.52. The standard InChI is InChI=1S/C16H18N2O4/c19-14-16(7-3-4-8-16)17-15(20)18(14)9-11-10-21-12-5-1-2-6-13(12)22-11/h1-2,5-6,11H,3-4,7-10H2,(H,17,20). The highest BCUT2D eigenvalue weighted by Crippen LogP contribution is 2.36. The third-order valence-corrected chi connectivity index (χ3v) is 4.66. The number of urea groups is 1. The topological polar surface area (TPSA) is 67.9 Å². The van der Waals surface area contributed by atoms with E-state index in [1.54, 1.807) is 0 Å². The van der Waals surface area contributed by atoms with E-state index in [-0.39, 0.29) is 24.6 Å². The van der Waals surface area contributed by atoms with Crippen molar-refractivity contribution in [3.63, 3.8) is 0 Å². The molecule has 116 valence electrons. The van der Waals surface area contributed by atoms with Crippen LogP contribution < -0.4 is 14.8 Å². The third kappa shape index (κ3) is 2.01. The number of fused-ring (bicyclic) bond motifs is 1. The Bertz CT molecular complexity index is 624. The third-order valence-electron chi connectivity index (χ3n) is 4.66. The van der Waals surface area contributed by atoms with Crippen LogP contribution in [-0.4, -0.2) is 41.6 Å². The van der Waals surface area contributed by atoms with Crippen molar-refractivity contribution in [2.24, 2.45) is 0 Å². The van der Waals surface area contributed by atoms with Crippen LogP contribution in [0.3, 0.4) is 0 Å². The van der Waals surface area contributed by atoms with E-state index >= 15 is 0 Å². The van der Waals surface area contributed by atoms with Gasteiger partial charge >= 0.3 is 6.03 Å². The Labute approximate surface area is 128 Å². The van der Waals surface area contributed by atoms with Crippen molar-refractivity contribution in [3.05, 3.63) is 24.3 Å². The Balaban J connectivity index is 1.48. The van der Waals surface area contributed by atoms with E-state index in [2.05, 4.69) is 5.32 Å². The van der Waals surface area contributed by atoms with Crippen LogP contribution in [0.25, 0.3) is 0 Å². The van der Waals surface area contributed by atoms with Crippen LogP contribution in [0, 0.1) is 0 Å². The first kappa shape index (κ1) is 13.4. The molecule has 1 N–H and O–H groups in total. The molecule has 0 bridgehead atoms. The normalized spacial score (nSPS) is 25.6. The van der Waals surface area contributed by atoms with Crippen LogP contribution in [0.1, 0.15) is 25.7 Å². The number of para-hydroxylation sites is 2. The summed E-state index contributed by atoms with van der Waals surface area (Å²) < 4.78 is 11.5. The van der Waals surface area contributed by atoms with Gasteiger partial charge < -0.3 is 14.8 Å². The smallest absolute Gasteiger partial charge is 0.325 e. The molecular weight excluding hydrogens is 284 g/mol. The number of rotatable bonds is 2. The molecule has 1 aromatic rings. The van der Waals surface area contributed by atoms with Crippen molar-refractivity contribution in [1.29, 1.82) is 0 Å². The highest BCUT2D eigenvalue weighted by atomic mass is 16.6. The van der Waals surface area contributed by atoms with E-state index in [4.69, 9.17) is 9.47 Å². The summed E-state index contributed by atoms with van der Waals surface area (Å²) in [5, 5.41) is 2.88. The average molecular weight is 302 g/mol. The number of ether oxygens (including phenoxy) is 2. The molecule has 6 nitrogen and oxygen atoms in total. The molecule has 1 spiro atoms. The molecule has 0 radical (unpaired) electrons. The lowest BCUT2D eigenvalue weighted by molar-refractivity contribution is -0.132. The van der Waals surface area contributed by atoms with Crippen molar-refractivity contribution < 1.29 is 19.1 Å². The number of hydrogen-bond acceptors (Lipinski definition) is 4. The maximum Gasteiger partial charge on any atom is 0.325 e. The lowest BCUT2D eigenvalue weighted by Crippen LogP contribution is -2.46. The zero-order chi connectivity index (χ0) is 15.2. The summed E-state index contributed by atoms with van der Waals surface area (Å²) in [6, 6.07) is 7.10. The van der Waals surface area contributed by atoms with Crippen LogP contribution in [0.15, 0.2) is 24.3 Å². The zero-order valence-electron chi connectivity index (χ0n) is 12.2. The maximum absolute atomic E-state index is 12.6. The Hall–Kier alpha value is -2.24. The van der Waals surface area contributed by atoms with Crippen molar-refractivity contribution in [1.82, 2.24) is 10.2 Å². The minimum Gasteiger partial charge on any atom is -0.486 e. The summed E-state index contributed by atoms with van der Waals surface area (Å²) in [4.78, 5) is 26.1. The summed E-state index contributed by atoms with van der Waals surface area (Å²) in [7, 11) is 0. The molecule has 2 fully saturated rings. The van der Waals surface area contributed by atoms with Crippen LogP contribution in [0.5, 0.6) is 11.5 Å². The molecule has 3 aliphatic rings. The second-order valence-electron chi connectivity index (χ2n) is 6.13. The van der Waals surface area contributed by atoms with Gasteiger partial charge in [-0.15, -0.1) is 0 Å². The number of nitrogens with one attached hydrogen (secondary N) is 1. The molecule has 1 saturated heterocycles. The van der Waals surface area contributed by atoms with Crippen molar-refractivity contribution in [3.8, 4) is 11.5 Å². The SMILES string of the molecule is O=C1NC2(CCCC2)C(=O)N1CC1COc2ccccc2O1. The first-order valence-corrected chi connectivity index (χ1v) is 7.71. The molecule has 6 heteroatoms. The van der Waals surface area contributed by atoms with E-state index in [0.717, 1.165) is 25.7 Å². The summed E-state index contributed by atoms with van der Waals surface area (Å²) in [6.07, 6.45) is 3.10. The summed E-state index contributed by atoms with van der Waals surface area (Å²) in [5.41, 5.74) is -0.662. The number of carbonyl (C=O) groups is 2.